The Morgan fingerprint density at radius 1 is 1.04 bits per heavy atom. The van der Waals surface area contributed by atoms with Crippen molar-refractivity contribution in [2.45, 2.75) is 6.54 Å². The van der Waals surface area contributed by atoms with E-state index < -0.39 is 0 Å². The van der Waals surface area contributed by atoms with E-state index in [2.05, 4.69) is 26.7 Å². The van der Waals surface area contributed by atoms with Gasteiger partial charge in [0, 0.05) is 24.6 Å². The third-order valence-corrected chi connectivity index (χ3v) is 3.46. The Morgan fingerprint density at radius 2 is 1.80 bits per heavy atom. The third-order valence-electron chi connectivity index (χ3n) is 3.46. The van der Waals surface area contributed by atoms with Crippen molar-refractivity contribution in [2.24, 2.45) is 0 Å². The Bertz CT molecular complexity index is 901. The van der Waals surface area contributed by atoms with Crippen molar-refractivity contribution in [1.82, 2.24) is 15.3 Å². The van der Waals surface area contributed by atoms with Gasteiger partial charge in [-0.1, -0.05) is 36.4 Å². The number of rotatable bonds is 5. The quantitative estimate of drug-likeness (QED) is 0.751. The molecule has 0 saturated carbocycles. The number of nitrogens with zero attached hydrogens (tertiary/aromatic N) is 3. The molecular formula is C19H15N5O. The summed E-state index contributed by atoms with van der Waals surface area (Å²) in [5.74, 6) is 0.122. The highest BCUT2D eigenvalue weighted by Crippen LogP contribution is 2.14. The number of carbonyl (C=O) groups is 1. The Kier molecular flexibility index (Phi) is 4.98. The summed E-state index contributed by atoms with van der Waals surface area (Å²) in [7, 11) is 0. The van der Waals surface area contributed by atoms with E-state index >= 15 is 0 Å². The molecule has 1 heterocycles. The van der Waals surface area contributed by atoms with Crippen LogP contribution >= 0.6 is 0 Å². The van der Waals surface area contributed by atoms with E-state index in [1.54, 1.807) is 18.2 Å². The van der Waals surface area contributed by atoms with E-state index in [-0.39, 0.29) is 5.91 Å². The highest BCUT2D eigenvalue weighted by atomic mass is 16.1. The summed E-state index contributed by atoms with van der Waals surface area (Å²) in [5.41, 5.74) is 2.65. The van der Waals surface area contributed by atoms with Gasteiger partial charge >= 0.3 is 0 Å². The minimum Gasteiger partial charge on any atom is -0.348 e. The molecule has 0 aliphatic heterocycles. The predicted octanol–water partition coefficient (Wildman–Crippen LogP) is 3.02. The van der Waals surface area contributed by atoms with E-state index in [0.29, 0.717) is 29.3 Å². The molecule has 0 spiro atoms. The molecule has 6 nitrogen and oxygen atoms in total. The Hall–Kier alpha value is -3.72. The van der Waals surface area contributed by atoms with Gasteiger partial charge in [0.05, 0.1) is 17.2 Å². The number of carbonyl (C=O) groups excluding carboxylic acids is 1. The van der Waals surface area contributed by atoms with Gasteiger partial charge in [-0.25, -0.2) is 9.97 Å². The van der Waals surface area contributed by atoms with Crippen LogP contribution in [0.1, 0.15) is 21.5 Å². The van der Waals surface area contributed by atoms with Gasteiger partial charge in [0.1, 0.15) is 0 Å². The smallest absolute Gasteiger partial charge is 0.254 e. The van der Waals surface area contributed by atoms with Crippen LogP contribution in [0.3, 0.4) is 0 Å². The molecule has 0 saturated heterocycles. The Labute approximate surface area is 145 Å². The van der Waals surface area contributed by atoms with Gasteiger partial charge in [0.15, 0.2) is 0 Å². The first-order valence-electron chi connectivity index (χ1n) is 7.66. The SMILES string of the molecule is N#Cc1cccc(Nc2ncc(C(=O)NCc3ccccc3)cn2)c1. The van der Waals surface area contributed by atoms with Gasteiger partial charge in [-0.3, -0.25) is 4.79 Å². The van der Waals surface area contributed by atoms with Crippen molar-refractivity contribution >= 4 is 17.5 Å². The van der Waals surface area contributed by atoms with Gasteiger partial charge in [0.25, 0.3) is 5.91 Å². The summed E-state index contributed by atoms with van der Waals surface area (Å²) in [6, 6.07) is 18.7. The monoisotopic (exact) mass is 329 g/mol. The topological polar surface area (TPSA) is 90.7 Å². The van der Waals surface area contributed by atoms with Crippen LogP contribution in [0.2, 0.25) is 0 Å². The van der Waals surface area contributed by atoms with E-state index in [9.17, 15) is 4.79 Å². The molecule has 1 amide bonds. The van der Waals surface area contributed by atoms with Crippen molar-refractivity contribution in [3.8, 4) is 6.07 Å². The zero-order valence-electron chi connectivity index (χ0n) is 13.3. The normalized spacial score (nSPS) is 9.88. The van der Waals surface area contributed by atoms with Crippen molar-refractivity contribution in [2.75, 3.05) is 5.32 Å². The van der Waals surface area contributed by atoms with Gasteiger partial charge < -0.3 is 10.6 Å². The fourth-order valence-corrected chi connectivity index (χ4v) is 2.19. The van der Waals surface area contributed by atoms with E-state index in [1.807, 2.05) is 36.4 Å². The number of nitriles is 1. The third kappa shape index (κ3) is 4.39. The minimum absolute atomic E-state index is 0.234. The number of amides is 1. The van der Waals surface area contributed by atoms with Gasteiger partial charge in [-0.05, 0) is 23.8 Å². The molecule has 0 bridgehead atoms. The van der Waals surface area contributed by atoms with Crippen LogP contribution in [0.25, 0.3) is 0 Å². The molecule has 0 aliphatic carbocycles. The van der Waals surface area contributed by atoms with Crippen LogP contribution in [0.4, 0.5) is 11.6 Å². The molecule has 0 unspecified atom stereocenters. The highest BCUT2D eigenvalue weighted by molar-refractivity contribution is 5.93. The molecule has 122 valence electrons. The van der Waals surface area contributed by atoms with Crippen LogP contribution in [0.5, 0.6) is 0 Å². The standard InChI is InChI=1S/C19H15N5O/c20-10-15-7-4-8-17(9-15)24-19-22-12-16(13-23-19)18(25)21-11-14-5-2-1-3-6-14/h1-9,12-13H,11H2,(H,21,25)(H,22,23,24). The molecule has 2 N–H and O–H groups in total. The van der Waals surface area contributed by atoms with Crippen LogP contribution in [0, 0.1) is 11.3 Å². The average Bonchev–Trinajstić information content (AvgIpc) is 2.67. The Morgan fingerprint density at radius 3 is 2.52 bits per heavy atom. The van der Waals surface area contributed by atoms with Crippen molar-refractivity contribution in [1.29, 1.82) is 5.26 Å². The summed E-state index contributed by atoms with van der Waals surface area (Å²) in [6.07, 6.45) is 2.92. The average molecular weight is 329 g/mol. The largest absolute Gasteiger partial charge is 0.348 e. The number of hydrogen-bond acceptors (Lipinski definition) is 5. The minimum atomic E-state index is -0.234. The lowest BCUT2D eigenvalue weighted by Gasteiger charge is -2.07. The summed E-state index contributed by atoms with van der Waals surface area (Å²) in [4.78, 5) is 20.4. The highest BCUT2D eigenvalue weighted by Gasteiger charge is 2.07. The number of nitrogens with one attached hydrogen (secondary N) is 2. The zero-order chi connectivity index (χ0) is 17.5. The summed E-state index contributed by atoms with van der Waals surface area (Å²) < 4.78 is 0. The number of anilines is 2. The maximum absolute atomic E-state index is 12.1. The lowest BCUT2D eigenvalue weighted by atomic mass is 10.2. The molecule has 6 heteroatoms. The zero-order valence-corrected chi connectivity index (χ0v) is 13.3. The second kappa shape index (κ2) is 7.70. The first-order valence-corrected chi connectivity index (χ1v) is 7.66. The fraction of sp³-hybridized carbons (Fsp3) is 0.0526. The summed E-state index contributed by atoms with van der Waals surface area (Å²) in [5, 5.41) is 14.7. The molecule has 2 aromatic carbocycles. The maximum Gasteiger partial charge on any atom is 0.254 e. The van der Waals surface area contributed by atoms with Crippen molar-refractivity contribution in [3.05, 3.63) is 83.7 Å². The molecule has 25 heavy (non-hydrogen) atoms. The second-order valence-electron chi connectivity index (χ2n) is 5.28. The van der Waals surface area contributed by atoms with E-state index in [0.717, 1.165) is 5.56 Å². The molecule has 0 atom stereocenters. The molecule has 0 radical (unpaired) electrons. The molecule has 0 fully saturated rings. The number of aromatic nitrogens is 2. The fourth-order valence-electron chi connectivity index (χ4n) is 2.19. The molecule has 3 rings (SSSR count). The number of benzene rings is 2. The van der Waals surface area contributed by atoms with Crippen LogP contribution in [0.15, 0.2) is 67.0 Å². The lowest BCUT2D eigenvalue weighted by molar-refractivity contribution is 0.0950. The molecular weight excluding hydrogens is 314 g/mol. The first-order chi connectivity index (χ1) is 12.2. The summed E-state index contributed by atoms with van der Waals surface area (Å²) in [6.45, 7) is 0.445. The van der Waals surface area contributed by atoms with E-state index in [4.69, 9.17) is 5.26 Å². The van der Waals surface area contributed by atoms with Gasteiger partial charge in [0.2, 0.25) is 5.95 Å². The maximum atomic E-state index is 12.1. The predicted molar refractivity (Wildman–Crippen MR) is 94.1 cm³/mol. The number of hydrogen-bond donors (Lipinski definition) is 2. The lowest BCUT2D eigenvalue weighted by Crippen LogP contribution is -2.23. The Balaban J connectivity index is 1.61. The van der Waals surface area contributed by atoms with Crippen molar-refractivity contribution in [3.63, 3.8) is 0 Å². The second-order valence-corrected chi connectivity index (χ2v) is 5.28. The van der Waals surface area contributed by atoms with Gasteiger partial charge in [-0.2, -0.15) is 5.26 Å². The van der Waals surface area contributed by atoms with Crippen LogP contribution in [-0.4, -0.2) is 15.9 Å². The van der Waals surface area contributed by atoms with Crippen molar-refractivity contribution < 1.29 is 4.79 Å². The first kappa shape index (κ1) is 16.1. The summed E-state index contributed by atoms with van der Waals surface area (Å²) >= 11 is 0. The molecule has 0 aliphatic rings. The van der Waals surface area contributed by atoms with E-state index in [1.165, 1.54) is 12.4 Å². The van der Waals surface area contributed by atoms with Crippen LogP contribution in [-0.2, 0) is 6.54 Å². The molecule has 1 aromatic heterocycles. The van der Waals surface area contributed by atoms with Crippen LogP contribution < -0.4 is 10.6 Å². The molecule has 3 aromatic rings. The van der Waals surface area contributed by atoms with Gasteiger partial charge in [-0.15, -0.1) is 0 Å².